The minimum atomic E-state index is -4.77. The van der Waals surface area contributed by atoms with Crippen molar-refractivity contribution in [3.05, 3.63) is 40.1 Å². The number of hydrogen-bond donors (Lipinski definition) is 1. The Hall–Kier alpha value is -1.23. The normalized spacial score (nSPS) is 19.5. The molecule has 0 spiro atoms. The fourth-order valence-corrected chi connectivity index (χ4v) is 5.70. The van der Waals surface area contributed by atoms with E-state index >= 15 is 0 Å². The molecule has 1 fully saturated rings. The molecule has 1 aliphatic heterocycles. The Kier molecular flexibility index (Phi) is 7.12. The van der Waals surface area contributed by atoms with Gasteiger partial charge in [0.05, 0.1) is 0 Å². The van der Waals surface area contributed by atoms with Gasteiger partial charge in [0.1, 0.15) is 4.24 Å². The van der Waals surface area contributed by atoms with Crippen LogP contribution >= 0.6 is 11.8 Å². The molecule has 1 atom stereocenters. The molecule has 0 aliphatic carbocycles. The average molecular weight is 439 g/mol. The first-order chi connectivity index (χ1) is 12.9. The Morgan fingerprint density at radius 3 is 2.14 bits per heavy atom. The highest BCUT2D eigenvalue weighted by molar-refractivity contribution is 8.17. The van der Waals surface area contributed by atoms with Gasteiger partial charge in [0.15, 0.2) is 5.60 Å². The highest BCUT2D eigenvalue weighted by Crippen LogP contribution is 2.39. The number of hydrogen-bond acceptors (Lipinski definition) is 5. The number of benzene rings is 1. The van der Waals surface area contributed by atoms with Crippen LogP contribution in [-0.2, 0) is 15.6 Å². The maximum atomic E-state index is 12.9. The van der Waals surface area contributed by atoms with E-state index in [0.29, 0.717) is 42.5 Å². The van der Waals surface area contributed by atoms with E-state index in [1.807, 2.05) is 11.8 Å². The smallest absolute Gasteiger partial charge is 0.376 e. The Labute approximate surface area is 168 Å². The highest BCUT2D eigenvalue weighted by Gasteiger charge is 2.51. The maximum Gasteiger partial charge on any atom is 0.421 e. The van der Waals surface area contributed by atoms with Crippen molar-refractivity contribution in [2.24, 2.45) is 0 Å². The second-order valence-corrected chi connectivity index (χ2v) is 9.66. The van der Waals surface area contributed by atoms with Gasteiger partial charge < -0.3 is 10.0 Å². The van der Waals surface area contributed by atoms with Crippen LogP contribution in [0.2, 0.25) is 0 Å². The largest absolute Gasteiger partial charge is 0.421 e. The first-order valence-electron chi connectivity index (χ1n) is 8.84. The third kappa shape index (κ3) is 4.67. The van der Waals surface area contributed by atoms with E-state index in [1.54, 1.807) is 12.3 Å². The summed E-state index contributed by atoms with van der Waals surface area (Å²) in [6.45, 7) is 4.06. The Balaban J connectivity index is 2.09. The molecule has 1 heterocycles. The fraction of sp³-hybridized carbons (Fsp3) is 0.556. The van der Waals surface area contributed by atoms with Gasteiger partial charge in [-0.25, -0.2) is 8.42 Å². The van der Waals surface area contributed by atoms with E-state index in [2.05, 4.69) is 0 Å². The van der Waals surface area contributed by atoms with Crippen LogP contribution in [0.15, 0.2) is 34.6 Å². The van der Waals surface area contributed by atoms with Crippen LogP contribution in [0.5, 0.6) is 0 Å². The molecule has 158 valence electrons. The van der Waals surface area contributed by atoms with Gasteiger partial charge in [-0.05, 0) is 37.3 Å². The number of aliphatic hydroxyl groups is 1. The summed E-state index contributed by atoms with van der Waals surface area (Å²) in [5.41, 5.74) is -2.47. The van der Waals surface area contributed by atoms with Crippen LogP contribution in [0, 0.1) is 0 Å². The summed E-state index contributed by atoms with van der Waals surface area (Å²) in [5, 5.41) is 9.75. The highest BCUT2D eigenvalue weighted by atomic mass is 32.3. The SMILES string of the molecule is CC/C=C(\SC)S(=O)(=O)N1CCN(c2ccc(C(C)(O)C(F)(F)F)cc2)CC1. The first-order valence-corrected chi connectivity index (χ1v) is 11.5. The van der Waals surface area contributed by atoms with Crippen LogP contribution in [0.3, 0.4) is 0 Å². The maximum absolute atomic E-state index is 12.9. The van der Waals surface area contributed by atoms with Gasteiger partial charge in [-0.1, -0.05) is 25.1 Å². The third-order valence-corrected chi connectivity index (χ3v) is 8.17. The minimum absolute atomic E-state index is 0.237. The molecule has 5 nitrogen and oxygen atoms in total. The van der Waals surface area contributed by atoms with Crippen molar-refractivity contribution < 1.29 is 26.7 Å². The number of anilines is 1. The van der Waals surface area contributed by atoms with Gasteiger partial charge in [-0.15, -0.1) is 11.8 Å². The molecule has 0 saturated carbocycles. The lowest BCUT2D eigenvalue weighted by atomic mass is 9.95. The van der Waals surface area contributed by atoms with E-state index in [9.17, 15) is 26.7 Å². The molecule has 0 bridgehead atoms. The number of alkyl halides is 3. The molecule has 10 heteroatoms. The van der Waals surface area contributed by atoms with Crippen molar-refractivity contribution >= 4 is 27.5 Å². The number of sulfonamides is 1. The fourth-order valence-electron chi connectivity index (χ4n) is 2.93. The standard InChI is InChI=1S/C18H25F3N2O3S2/c1-4-5-16(27-3)28(25,26)23-12-10-22(11-13-23)15-8-6-14(7-9-15)17(2,24)18(19,20)21/h5-9,24H,4,10-13H2,1-3H3/b16-5+. The van der Waals surface area contributed by atoms with Crippen LogP contribution in [-0.4, -0.2) is 56.4 Å². The molecule has 2 rings (SSSR count). The van der Waals surface area contributed by atoms with Gasteiger partial charge in [0, 0.05) is 31.9 Å². The third-order valence-electron chi connectivity index (χ3n) is 4.75. The number of allylic oxidation sites excluding steroid dienone is 1. The van der Waals surface area contributed by atoms with Gasteiger partial charge in [0.25, 0.3) is 0 Å². The zero-order chi connectivity index (χ0) is 21.2. The van der Waals surface area contributed by atoms with Gasteiger partial charge >= 0.3 is 6.18 Å². The summed E-state index contributed by atoms with van der Waals surface area (Å²) >= 11 is 1.20. The lowest BCUT2D eigenvalue weighted by Gasteiger charge is -2.36. The van der Waals surface area contributed by atoms with Crippen molar-refractivity contribution in [3.8, 4) is 0 Å². The van der Waals surface area contributed by atoms with Crippen LogP contribution in [0.25, 0.3) is 0 Å². The van der Waals surface area contributed by atoms with E-state index in [0.717, 1.165) is 6.92 Å². The number of halogens is 3. The van der Waals surface area contributed by atoms with Crippen LogP contribution in [0.4, 0.5) is 18.9 Å². The van der Waals surface area contributed by atoms with Crippen molar-refractivity contribution in [3.63, 3.8) is 0 Å². The van der Waals surface area contributed by atoms with Gasteiger partial charge in [0.2, 0.25) is 10.0 Å². The van der Waals surface area contributed by atoms with Crippen molar-refractivity contribution in [1.82, 2.24) is 4.31 Å². The summed E-state index contributed by atoms with van der Waals surface area (Å²) < 4.78 is 66.0. The van der Waals surface area contributed by atoms with Crippen molar-refractivity contribution in [1.29, 1.82) is 0 Å². The first kappa shape index (κ1) is 23.1. The molecule has 1 saturated heterocycles. The van der Waals surface area contributed by atoms with E-state index < -0.39 is 21.8 Å². The zero-order valence-electron chi connectivity index (χ0n) is 16.0. The van der Waals surface area contributed by atoms with Gasteiger partial charge in [-0.3, -0.25) is 0 Å². The molecule has 1 aliphatic rings. The predicted octanol–water partition coefficient (Wildman–Crippen LogP) is 3.52. The predicted molar refractivity (Wildman–Crippen MR) is 107 cm³/mol. The Morgan fingerprint density at radius 1 is 1.18 bits per heavy atom. The van der Waals surface area contributed by atoms with Crippen LogP contribution < -0.4 is 4.90 Å². The number of thioether (sulfide) groups is 1. The molecule has 1 aromatic carbocycles. The molecule has 1 unspecified atom stereocenters. The number of piperazine rings is 1. The van der Waals surface area contributed by atoms with E-state index in [1.165, 1.54) is 40.3 Å². The number of nitrogens with zero attached hydrogens (tertiary/aromatic N) is 2. The van der Waals surface area contributed by atoms with E-state index in [4.69, 9.17) is 0 Å². The summed E-state index contributed by atoms with van der Waals surface area (Å²) in [6.07, 6.45) is -0.719. The lowest BCUT2D eigenvalue weighted by molar-refractivity contribution is -0.258. The Morgan fingerprint density at radius 2 is 1.71 bits per heavy atom. The summed E-state index contributed by atoms with van der Waals surface area (Å²) in [5.74, 6) is 0. The Bertz CT molecular complexity index is 798. The molecule has 1 aromatic rings. The lowest BCUT2D eigenvalue weighted by Crippen LogP contribution is -2.48. The average Bonchev–Trinajstić information content (AvgIpc) is 2.65. The molecule has 0 amide bonds. The van der Waals surface area contributed by atoms with Crippen LogP contribution in [0.1, 0.15) is 25.8 Å². The summed E-state index contributed by atoms with van der Waals surface area (Å²) in [6, 6.07) is 5.54. The number of rotatable bonds is 6. The molecule has 28 heavy (non-hydrogen) atoms. The summed E-state index contributed by atoms with van der Waals surface area (Å²) in [4.78, 5) is 1.92. The molecule has 1 N–H and O–H groups in total. The second kappa shape index (κ2) is 8.64. The quantitative estimate of drug-likeness (QED) is 0.737. The van der Waals surface area contributed by atoms with Crippen molar-refractivity contribution in [2.75, 3.05) is 37.3 Å². The molecule has 0 radical (unpaired) electrons. The van der Waals surface area contributed by atoms with Crippen molar-refractivity contribution in [2.45, 2.75) is 32.0 Å². The van der Waals surface area contributed by atoms with Gasteiger partial charge in [-0.2, -0.15) is 17.5 Å². The monoisotopic (exact) mass is 438 g/mol. The topological polar surface area (TPSA) is 60.9 Å². The minimum Gasteiger partial charge on any atom is -0.376 e. The zero-order valence-corrected chi connectivity index (χ0v) is 17.7. The summed E-state index contributed by atoms with van der Waals surface area (Å²) in [7, 11) is -3.51. The molecule has 0 aromatic heterocycles. The second-order valence-electron chi connectivity index (χ2n) is 6.64. The molecular formula is C18H25F3N2O3S2. The molecular weight excluding hydrogens is 413 g/mol. The van der Waals surface area contributed by atoms with E-state index in [-0.39, 0.29) is 5.56 Å².